The van der Waals surface area contributed by atoms with Gasteiger partial charge in [-0.25, -0.2) is 0 Å². The van der Waals surface area contributed by atoms with E-state index in [1.165, 1.54) is 4.90 Å². The molecule has 0 bridgehead atoms. The van der Waals surface area contributed by atoms with E-state index in [4.69, 9.17) is 5.73 Å². The molecule has 0 aliphatic carbocycles. The Morgan fingerprint density at radius 3 is 2.68 bits per heavy atom. The van der Waals surface area contributed by atoms with Crippen LogP contribution >= 0.6 is 28.3 Å². The van der Waals surface area contributed by atoms with Gasteiger partial charge in [-0.05, 0) is 43.5 Å². The number of primary amides is 1. The van der Waals surface area contributed by atoms with Crippen LogP contribution in [0, 0.1) is 5.92 Å². The Hall–Kier alpha value is -1.64. The van der Waals surface area contributed by atoms with Gasteiger partial charge in [-0.1, -0.05) is 35.8 Å². The molecule has 9 heteroatoms. The van der Waals surface area contributed by atoms with Crippen LogP contribution in [-0.4, -0.2) is 48.3 Å². The summed E-state index contributed by atoms with van der Waals surface area (Å²) in [5.41, 5.74) is 6.19. The fraction of sp³-hybridized carbons (Fsp3) is 0.526. The second-order valence-corrected chi connectivity index (χ2v) is 8.70. The van der Waals surface area contributed by atoms with E-state index in [0.29, 0.717) is 18.0 Å². The van der Waals surface area contributed by atoms with Crippen LogP contribution in [0.3, 0.4) is 0 Å². The summed E-state index contributed by atoms with van der Waals surface area (Å²) in [6.45, 7) is 4.22. The normalized spacial score (nSPS) is 24.1. The standard InChI is InChI=1S/C19H25BrN4O3.ClH/c1-10(2)6-14(22-3)17(26)24-9-19(8-15(24)16(21)25)12-5-4-11(20)7-13(12)23-18(19)27;/h4-5,7,10,14-15,22H,6,8-9H2,1-3H3,(H2,21,25)(H,23,27);1H/t14?,15-,19-;/m0./s1. The zero-order chi connectivity index (χ0) is 19.9. The Morgan fingerprint density at radius 1 is 1.43 bits per heavy atom. The molecule has 0 radical (unpaired) electrons. The molecule has 4 N–H and O–H groups in total. The molecule has 28 heavy (non-hydrogen) atoms. The topological polar surface area (TPSA) is 105 Å². The van der Waals surface area contributed by atoms with Crippen LogP contribution in [0.1, 0.15) is 32.3 Å². The number of anilines is 1. The monoisotopic (exact) mass is 472 g/mol. The molecule has 2 heterocycles. The van der Waals surface area contributed by atoms with Crippen molar-refractivity contribution < 1.29 is 14.4 Å². The van der Waals surface area contributed by atoms with Crippen molar-refractivity contribution >= 4 is 51.7 Å². The lowest BCUT2D eigenvalue weighted by Gasteiger charge is -2.28. The molecule has 1 aromatic carbocycles. The molecule has 0 saturated carbocycles. The van der Waals surface area contributed by atoms with Gasteiger partial charge in [-0.3, -0.25) is 14.4 Å². The molecule has 1 aromatic rings. The molecule has 3 rings (SSSR count). The number of carbonyl (C=O) groups is 3. The van der Waals surface area contributed by atoms with Gasteiger partial charge in [0, 0.05) is 16.7 Å². The molecule has 154 valence electrons. The predicted molar refractivity (Wildman–Crippen MR) is 113 cm³/mol. The Bertz CT molecular complexity index is 803. The third-order valence-electron chi connectivity index (χ3n) is 5.50. The minimum Gasteiger partial charge on any atom is -0.368 e. The number of hydrogen-bond donors (Lipinski definition) is 3. The first kappa shape index (κ1) is 22.6. The lowest BCUT2D eigenvalue weighted by Crippen LogP contribution is -2.51. The van der Waals surface area contributed by atoms with Crippen LogP contribution < -0.4 is 16.4 Å². The quantitative estimate of drug-likeness (QED) is 0.606. The molecule has 0 aromatic heterocycles. The van der Waals surface area contributed by atoms with Crippen LogP contribution in [0.2, 0.25) is 0 Å². The van der Waals surface area contributed by atoms with Crippen molar-refractivity contribution in [1.82, 2.24) is 10.2 Å². The van der Waals surface area contributed by atoms with Crippen molar-refractivity contribution in [3.63, 3.8) is 0 Å². The van der Waals surface area contributed by atoms with Crippen molar-refractivity contribution in [2.45, 2.75) is 44.2 Å². The van der Waals surface area contributed by atoms with Crippen molar-refractivity contribution in [3.8, 4) is 0 Å². The second-order valence-electron chi connectivity index (χ2n) is 7.79. The summed E-state index contributed by atoms with van der Waals surface area (Å²) < 4.78 is 0.850. The molecule has 2 aliphatic heterocycles. The van der Waals surface area contributed by atoms with Crippen LogP contribution in [0.15, 0.2) is 22.7 Å². The van der Waals surface area contributed by atoms with Crippen LogP contribution in [0.5, 0.6) is 0 Å². The molecule has 2 aliphatic rings. The Kier molecular flexibility index (Phi) is 6.78. The molecule has 7 nitrogen and oxygen atoms in total. The van der Waals surface area contributed by atoms with Crippen molar-refractivity contribution in [3.05, 3.63) is 28.2 Å². The number of nitrogens with one attached hydrogen (secondary N) is 2. The molecule has 1 fully saturated rings. The average molecular weight is 474 g/mol. The number of halogens is 2. The van der Waals surface area contributed by atoms with E-state index < -0.39 is 23.4 Å². The highest BCUT2D eigenvalue weighted by atomic mass is 79.9. The first-order valence-corrected chi connectivity index (χ1v) is 9.87. The highest BCUT2D eigenvalue weighted by molar-refractivity contribution is 9.10. The van der Waals surface area contributed by atoms with Gasteiger partial charge in [0.2, 0.25) is 17.7 Å². The van der Waals surface area contributed by atoms with Gasteiger partial charge in [0.1, 0.15) is 6.04 Å². The fourth-order valence-electron chi connectivity index (χ4n) is 4.17. The summed E-state index contributed by atoms with van der Waals surface area (Å²) in [5, 5.41) is 5.93. The van der Waals surface area contributed by atoms with Crippen molar-refractivity contribution in [2.24, 2.45) is 11.7 Å². The molecule has 3 atom stereocenters. The number of fused-ring (bicyclic) bond motifs is 2. The fourth-order valence-corrected chi connectivity index (χ4v) is 4.53. The summed E-state index contributed by atoms with van der Waals surface area (Å²) in [7, 11) is 1.73. The van der Waals surface area contributed by atoms with Gasteiger partial charge < -0.3 is 21.3 Å². The van der Waals surface area contributed by atoms with E-state index in [2.05, 4.69) is 26.6 Å². The summed E-state index contributed by atoms with van der Waals surface area (Å²) >= 11 is 3.41. The first-order valence-electron chi connectivity index (χ1n) is 9.08. The number of nitrogens with zero attached hydrogens (tertiary/aromatic N) is 1. The molecular weight excluding hydrogens is 448 g/mol. The lowest BCUT2D eigenvalue weighted by molar-refractivity contribution is -0.139. The van der Waals surface area contributed by atoms with E-state index in [-0.39, 0.29) is 37.2 Å². The van der Waals surface area contributed by atoms with Gasteiger partial charge in [0.05, 0.1) is 11.5 Å². The molecule has 1 saturated heterocycles. The lowest BCUT2D eigenvalue weighted by atomic mass is 9.79. The van der Waals surface area contributed by atoms with Crippen molar-refractivity contribution in [1.29, 1.82) is 0 Å². The number of benzene rings is 1. The Balaban J connectivity index is 0.00000280. The summed E-state index contributed by atoms with van der Waals surface area (Å²) in [4.78, 5) is 39.7. The van der Waals surface area contributed by atoms with Gasteiger partial charge in [0.25, 0.3) is 0 Å². The summed E-state index contributed by atoms with van der Waals surface area (Å²) in [6.07, 6.45) is 0.840. The van der Waals surface area contributed by atoms with Gasteiger partial charge >= 0.3 is 0 Å². The maximum absolute atomic E-state index is 13.2. The maximum Gasteiger partial charge on any atom is 0.240 e. The molecule has 1 spiro atoms. The SMILES string of the molecule is CNC(CC(C)C)C(=O)N1C[C@]2(C[C@H]1C(N)=O)C(=O)Nc1cc(Br)ccc12.Cl. The Morgan fingerprint density at radius 2 is 2.11 bits per heavy atom. The summed E-state index contributed by atoms with van der Waals surface area (Å²) in [5.74, 6) is -0.659. The van der Waals surface area contributed by atoms with Gasteiger partial charge in [0.15, 0.2) is 0 Å². The number of hydrogen-bond acceptors (Lipinski definition) is 4. The number of likely N-dealkylation sites (tertiary alicyclic amines) is 1. The van der Waals surface area contributed by atoms with Gasteiger partial charge in [-0.2, -0.15) is 0 Å². The first-order chi connectivity index (χ1) is 12.7. The predicted octanol–water partition coefficient (Wildman–Crippen LogP) is 1.78. The van der Waals surface area contributed by atoms with E-state index >= 15 is 0 Å². The second kappa shape index (κ2) is 8.39. The van der Waals surface area contributed by atoms with Crippen LogP contribution in [0.25, 0.3) is 0 Å². The van der Waals surface area contributed by atoms with E-state index in [1.807, 2.05) is 32.0 Å². The molecule has 1 unspecified atom stereocenters. The highest BCUT2D eigenvalue weighted by Gasteiger charge is 2.57. The third-order valence-corrected chi connectivity index (χ3v) is 6.00. The third kappa shape index (κ3) is 3.77. The minimum absolute atomic E-state index is 0. The maximum atomic E-state index is 13.2. The number of likely N-dealkylation sites (N-methyl/N-ethyl adjacent to an activating group) is 1. The number of carbonyl (C=O) groups excluding carboxylic acids is 3. The van der Waals surface area contributed by atoms with Crippen molar-refractivity contribution in [2.75, 3.05) is 18.9 Å². The number of nitrogens with two attached hydrogens (primary N) is 1. The largest absolute Gasteiger partial charge is 0.368 e. The number of amides is 3. The average Bonchev–Trinajstić information content (AvgIpc) is 3.12. The molecular formula is C19H26BrClN4O3. The zero-order valence-corrected chi connectivity index (χ0v) is 18.5. The van der Waals surface area contributed by atoms with Gasteiger partial charge in [-0.15, -0.1) is 12.4 Å². The van der Waals surface area contributed by atoms with Crippen LogP contribution in [0.4, 0.5) is 5.69 Å². The molecule has 3 amide bonds. The Labute approximate surface area is 179 Å². The highest BCUT2D eigenvalue weighted by Crippen LogP contribution is 2.47. The van der Waals surface area contributed by atoms with E-state index in [9.17, 15) is 14.4 Å². The zero-order valence-electron chi connectivity index (χ0n) is 16.1. The van der Waals surface area contributed by atoms with E-state index in [1.54, 1.807) is 7.05 Å². The van der Waals surface area contributed by atoms with Crippen LogP contribution in [-0.2, 0) is 19.8 Å². The minimum atomic E-state index is -0.943. The summed E-state index contributed by atoms with van der Waals surface area (Å²) in [6, 6.07) is 4.34. The number of rotatable bonds is 5. The smallest absolute Gasteiger partial charge is 0.240 e. The van der Waals surface area contributed by atoms with E-state index in [0.717, 1.165) is 10.0 Å².